The van der Waals surface area contributed by atoms with Gasteiger partial charge in [0.15, 0.2) is 0 Å². The van der Waals surface area contributed by atoms with Crippen LogP contribution >= 0.6 is 0 Å². The second-order valence-electron chi connectivity index (χ2n) is 4.13. The van der Waals surface area contributed by atoms with Crippen molar-refractivity contribution in [2.75, 3.05) is 18.5 Å². The van der Waals surface area contributed by atoms with Crippen LogP contribution in [0, 0.1) is 17.0 Å². The van der Waals surface area contributed by atoms with Crippen LogP contribution in [0.1, 0.15) is 12.5 Å². The van der Waals surface area contributed by atoms with E-state index in [1.807, 2.05) is 0 Å². The fourth-order valence-electron chi connectivity index (χ4n) is 1.42. The van der Waals surface area contributed by atoms with E-state index in [4.69, 9.17) is 10.5 Å². The third-order valence-corrected chi connectivity index (χ3v) is 2.43. The lowest BCUT2D eigenvalue weighted by molar-refractivity contribution is -0.757. The minimum absolute atomic E-state index is 0.00845. The Morgan fingerprint density at radius 2 is 2.20 bits per heavy atom. The number of carbonyl (C=O) groups is 1. The van der Waals surface area contributed by atoms with Crippen LogP contribution in [0.15, 0.2) is 18.2 Å². The predicted molar refractivity (Wildman–Crippen MR) is 71.9 cm³/mol. The van der Waals surface area contributed by atoms with E-state index in [2.05, 4.69) is 10.2 Å². The highest BCUT2D eigenvalue weighted by Gasteiger charge is 2.13. The fourth-order valence-corrected chi connectivity index (χ4v) is 1.42. The Kier molecular flexibility index (Phi) is 5.73. The van der Waals surface area contributed by atoms with Crippen molar-refractivity contribution < 1.29 is 19.5 Å². The fraction of sp³-hybridized carbons (Fsp3) is 0.417. The number of rotatable bonds is 7. The summed E-state index contributed by atoms with van der Waals surface area (Å²) < 4.78 is 5.36. The van der Waals surface area contributed by atoms with E-state index in [-0.39, 0.29) is 19.1 Å². The summed E-state index contributed by atoms with van der Waals surface area (Å²) >= 11 is 0. The van der Waals surface area contributed by atoms with Crippen LogP contribution in [-0.4, -0.2) is 30.2 Å². The van der Waals surface area contributed by atoms with Crippen LogP contribution in [0.4, 0.5) is 5.69 Å². The molecule has 0 aromatic heterocycles. The van der Waals surface area contributed by atoms with Crippen molar-refractivity contribution in [2.24, 2.45) is 5.73 Å². The van der Waals surface area contributed by atoms with Gasteiger partial charge in [0.25, 0.3) is 5.09 Å². The molecular weight excluding hydrogens is 266 g/mol. The number of ether oxygens (including phenoxy) is 1. The Hall–Kier alpha value is -2.35. The number of anilines is 1. The first-order valence-electron chi connectivity index (χ1n) is 5.98. The lowest BCUT2D eigenvalue weighted by Crippen LogP contribution is -2.32. The highest BCUT2D eigenvalue weighted by Crippen LogP contribution is 2.28. The van der Waals surface area contributed by atoms with Gasteiger partial charge < -0.3 is 20.6 Å². The average Bonchev–Trinajstić information content (AvgIpc) is 2.37. The van der Waals surface area contributed by atoms with Gasteiger partial charge in [0, 0.05) is 0 Å². The number of amides is 1. The van der Waals surface area contributed by atoms with Crippen LogP contribution < -0.4 is 15.8 Å². The molecular formula is C12H17N3O5. The Balaban J connectivity index is 2.72. The topological polar surface area (TPSA) is 117 Å². The zero-order valence-corrected chi connectivity index (χ0v) is 11.3. The van der Waals surface area contributed by atoms with Gasteiger partial charge in [-0.25, -0.2) is 0 Å². The summed E-state index contributed by atoms with van der Waals surface area (Å²) in [5.74, 6) is 0.0663. The maximum absolute atomic E-state index is 11.6. The minimum Gasteiger partial charge on any atom is -0.489 e. The predicted octanol–water partition coefficient (Wildman–Crippen LogP) is 0.868. The van der Waals surface area contributed by atoms with Crippen molar-refractivity contribution in [2.45, 2.75) is 19.9 Å². The van der Waals surface area contributed by atoms with Gasteiger partial charge in [-0.3, -0.25) is 4.79 Å². The van der Waals surface area contributed by atoms with Crippen LogP contribution in [-0.2, 0) is 9.63 Å². The quantitative estimate of drug-likeness (QED) is 0.435. The van der Waals surface area contributed by atoms with E-state index in [1.165, 1.54) is 0 Å². The molecule has 0 fully saturated rings. The molecule has 0 saturated carbocycles. The second kappa shape index (κ2) is 7.29. The molecule has 0 aliphatic carbocycles. The maximum Gasteiger partial charge on any atom is 0.294 e. The molecule has 3 N–H and O–H groups in total. The second-order valence-corrected chi connectivity index (χ2v) is 4.13. The molecule has 8 heteroatoms. The number of nitrogens with one attached hydrogen (secondary N) is 1. The summed E-state index contributed by atoms with van der Waals surface area (Å²) in [6.45, 7) is 3.17. The molecule has 0 saturated heterocycles. The van der Waals surface area contributed by atoms with E-state index in [9.17, 15) is 14.9 Å². The van der Waals surface area contributed by atoms with Gasteiger partial charge in [-0.05, 0) is 25.5 Å². The summed E-state index contributed by atoms with van der Waals surface area (Å²) in [5.41, 5.74) is 6.79. The minimum atomic E-state index is -0.890. The van der Waals surface area contributed by atoms with E-state index in [0.717, 1.165) is 5.56 Å². The number of nitrogens with zero attached hydrogens (tertiary/aromatic N) is 1. The average molecular weight is 283 g/mol. The molecule has 1 unspecified atom stereocenters. The normalized spacial score (nSPS) is 11.6. The monoisotopic (exact) mass is 283 g/mol. The van der Waals surface area contributed by atoms with Gasteiger partial charge in [-0.15, -0.1) is 10.1 Å². The van der Waals surface area contributed by atoms with Crippen molar-refractivity contribution in [1.29, 1.82) is 0 Å². The molecule has 0 aliphatic rings. The first-order valence-corrected chi connectivity index (χ1v) is 5.98. The highest BCUT2D eigenvalue weighted by molar-refractivity contribution is 5.96. The molecule has 1 rings (SSSR count). The third kappa shape index (κ3) is 4.73. The van der Waals surface area contributed by atoms with Crippen LogP contribution in [0.5, 0.6) is 5.75 Å². The van der Waals surface area contributed by atoms with Crippen LogP contribution in [0.3, 0.4) is 0 Å². The van der Waals surface area contributed by atoms with Gasteiger partial charge in [-0.2, -0.15) is 0 Å². The molecule has 0 heterocycles. The first kappa shape index (κ1) is 15.7. The molecule has 0 bridgehead atoms. The Morgan fingerprint density at radius 1 is 1.50 bits per heavy atom. The van der Waals surface area contributed by atoms with Crippen molar-refractivity contribution in [3.63, 3.8) is 0 Å². The summed E-state index contributed by atoms with van der Waals surface area (Å²) in [7, 11) is 0. The van der Waals surface area contributed by atoms with Crippen molar-refractivity contribution in [3.05, 3.63) is 33.9 Å². The van der Waals surface area contributed by atoms with Gasteiger partial charge in [0.2, 0.25) is 5.91 Å². The SMILES string of the molecule is Cc1cccc(OCCO[N+](=O)[O-])c1NC(=O)C(C)N. The number of carbonyl (C=O) groups excluding carboxylic acids is 1. The van der Waals surface area contributed by atoms with E-state index in [1.54, 1.807) is 32.0 Å². The summed E-state index contributed by atoms with van der Waals surface area (Å²) in [6.07, 6.45) is 0. The Morgan fingerprint density at radius 3 is 2.80 bits per heavy atom. The van der Waals surface area contributed by atoms with Gasteiger partial charge >= 0.3 is 0 Å². The van der Waals surface area contributed by atoms with Crippen LogP contribution in [0.25, 0.3) is 0 Å². The summed E-state index contributed by atoms with van der Waals surface area (Å²) in [5, 5.41) is 11.8. The van der Waals surface area contributed by atoms with Gasteiger partial charge in [-0.1, -0.05) is 12.1 Å². The molecule has 0 spiro atoms. The number of para-hydroxylation sites is 1. The number of hydrogen-bond donors (Lipinski definition) is 2. The number of hydrogen-bond acceptors (Lipinski definition) is 6. The van der Waals surface area contributed by atoms with Crippen molar-refractivity contribution in [3.8, 4) is 5.75 Å². The molecule has 110 valence electrons. The summed E-state index contributed by atoms with van der Waals surface area (Å²) in [6, 6.07) is 4.55. The smallest absolute Gasteiger partial charge is 0.294 e. The number of nitrogens with two attached hydrogens (primary N) is 1. The van der Waals surface area contributed by atoms with E-state index >= 15 is 0 Å². The Labute approximate surface area is 116 Å². The first-order chi connectivity index (χ1) is 9.41. The molecule has 0 radical (unpaired) electrons. The van der Waals surface area contributed by atoms with Gasteiger partial charge in [0.1, 0.15) is 19.0 Å². The molecule has 1 atom stereocenters. The molecule has 1 aromatic rings. The maximum atomic E-state index is 11.6. The number of benzene rings is 1. The molecule has 1 aromatic carbocycles. The molecule has 0 aliphatic heterocycles. The van der Waals surface area contributed by atoms with Crippen molar-refractivity contribution in [1.82, 2.24) is 0 Å². The van der Waals surface area contributed by atoms with Crippen molar-refractivity contribution >= 4 is 11.6 Å². The molecule has 1 amide bonds. The summed E-state index contributed by atoms with van der Waals surface area (Å²) in [4.78, 5) is 25.8. The third-order valence-electron chi connectivity index (χ3n) is 2.43. The van der Waals surface area contributed by atoms with E-state index in [0.29, 0.717) is 11.4 Å². The molecule has 8 nitrogen and oxygen atoms in total. The largest absolute Gasteiger partial charge is 0.489 e. The van der Waals surface area contributed by atoms with Gasteiger partial charge in [0.05, 0.1) is 11.7 Å². The zero-order valence-electron chi connectivity index (χ0n) is 11.3. The lowest BCUT2D eigenvalue weighted by Gasteiger charge is -2.15. The lowest BCUT2D eigenvalue weighted by atomic mass is 10.1. The molecule has 20 heavy (non-hydrogen) atoms. The van der Waals surface area contributed by atoms with Crippen LogP contribution in [0.2, 0.25) is 0 Å². The zero-order chi connectivity index (χ0) is 15.1. The van der Waals surface area contributed by atoms with E-state index < -0.39 is 11.1 Å². The Bertz CT molecular complexity index is 490. The highest BCUT2D eigenvalue weighted by atomic mass is 17.0. The standard InChI is InChI=1S/C12H17N3O5/c1-8-4-3-5-10(19-6-7-20-15(17)18)11(8)14-12(16)9(2)13/h3-5,9H,6-7,13H2,1-2H3,(H,14,16). The number of aryl methyl sites for hydroxylation is 1.